The Morgan fingerprint density at radius 3 is 2.10 bits per heavy atom. The van der Waals surface area contributed by atoms with E-state index in [0.717, 1.165) is 0 Å². The summed E-state index contributed by atoms with van der Waals surface area (Å²) < 4.78 is 38.0. The van der Waals surface area contributed by atoms with Gasteiger partial charge in [-0.1, -0.05) is 13.8 Å². The maximum absolute atomic E-state index is 12.7. The Bertz CT molecular complexity index is 400. The van der Waals surface area contributed by atoms with Crippen LogP contribution >= 0.6 is 0 Å². The number of rotatable bonds is 3. The standard InChI is InChI=1S/C13H22F3N3O2/c1-8(2)10(20)19-6-4-9(5-7-19)18-11(21)12(3,17)13(14,15)16/h8-9H,4-7,17H2,1-3H3,(H,18,21). The second-order valence-electron chi connectivity index (χ2n) is 5.93. The zero-order valence-electron chi connectivity index (χ0n) is 12.5. The van der Waals surface area contributed by atoms with Gasteiger partial charge >= 0.3 is 6.18 Å². The highest BCUT2D eigenvalue weighted by Crippen LogP contribution is 2.28. The molecular weight excluding hydrogens is 287 g/mol. The van der Waals surface area contributed by atoms with E-state index in [0.29, 0.717) is 32.9 Å². The van der Waals surface area contributed by atoms with Crippen LogP contribution < -0.4 is 11.1 Å². The lowest BCUT2D eigenvalue weighted by Crippen LogP contribution is -2.63. The minimum atomic E-state index is -4.80. The van der Waals surface area contributed by atoms with Gasteiger partial charge in [0.2, 0.25) is 11.8 Å². The summed E-state index contributed by atoms with van der Waals surface area (Å²) in [6.07, 6.45) is -3.94. The van der Waals surface area contributed by atoms with Gasteiger partial charge in [0.25, 0.3) is 0 Å². The summed E-state index contributed by atoms with van der Waals surface area (Å²) in [4.78, 5) is 25.1. The highest BCUT2D eigenvalue weighted by molar-refractivity contribution is 5.86. The molecule has 5 nitrogen and oxygen atoms in total. The van der Waals surface area contributed by atoms with Crippen molar-refractivity contribution in [3.63, 3.8) is 0 Å². The number of nitrogens with zero attached hydrogens (tertiary/aromatic N) is 1. The molecule has 1 aliphatic rings. The van der Waals surface area contributed by atoms with Gasteiger partial charge in [-0.25, -0.2) is 0 Å². The molecule has 0 aromatic heterocycles. The molecule has 0 aromatic rings. The van der Waals surface area contributed by atoms with Crippen molar-refractivity contribution in [3.05, 3.63) is 0 Å². The van der Waals surface area contributed by atoms with Crippen LogP contribution in [0.5, 0.6) is 0 Å². The van der Waals surface area contributed by atoms with Gasteiger partial charge in [0.05, 0.1) is 0 Å². The van der Waals surface area contributed by atoms with Gasteiger partial charge in [-0.3, -0.25) is 9.59 Å². The number of carbonyl (C=O) groups is 2. The van der Waals surface area contributed by atoms with Gasteiger partial charge < -0.3 is 16.0 Å². The lowest BCUT2D eigenvalue weighted by Gasteiger charge is -2.35. The molecule has 3 N–H and O–H groups in total. The molecule has 122 valence electrons. The van der Waals surface area contributed by atoms with Crippen molar-refractivity contribution in [2.75, 3.05) is 13.1 Å². The highest BCUT2D eigenvalue weighted by atomic mass is 19.4. The average molecular weight is 309 g/mol. The minimum absolute atomic E-state index is 0.0127. The molecule has 1 saturated heterocycles. The SMILES string of the molecule is CC(C)C(=O)N1CCC(NC(=O)C(C)(N)C(F)(F)F)CC1. The molecule has 1 aliphatic heterocycles. The number of alkyl halides is 3. The first-order valence-electron chi connectivity index (χ1n) is 6.92. The van der Waals surface area contributed by atoms with Crippen LogP contribution in [0.2, 0.25) is 0 Å². The van der Waals surface area contributed by atoms with Gasteiger partial charge in [0, 0.05) is 25.0 Å². The lowest BCUT2D eigenvalue weighted by molar-refractivity contribution is -0.187. The summed E-state index contributed by atoms with van der Waals surface area (Å²) in [6, 6.07) is -0.390. The van der Waals surface area contributed by atoms with Gasteiger partial charge in [0.1, 0.15) is 0 Å². The van der Waals surface area contributed by atoms with Crippen LogP contribution in [0.1, 0.15) is 33.6 Å². The number of halogens is 3. The molecular formula is C13H22F3N3O2. The van der Waals surface area contributed by atoms with Crippen molar-refractivity contribution >= 4 is 11.8 Å². The van der Waals surface area contributed by atoms with Crippen LogP contribution in [-0.4, -0.2) is 47.6 Å². The Morgan fingerprint density at radius 1 is 1.24 bits per heavy atom. The second kappa shape index (κ2) is 6.21. The first-order valence-corrected chi connectivity index (χ1v) is 6.92. The fraction of sp³-hybridized carbons (Fsp3) is 0.846. The van der Waals surface area contributed by atoms with Crippen molar-refractivity contribution in [3.8, 4) is 0 Å². The zero-order chi connectivity index (χ0) is 16.4. The van der Waals surface area contributed by atoms with E-state index in [1.54, 1.807) is 18.7 Å². The van der Waals surface area contributed by atoms with E-state index in [2.05, 4.69) is 5.32 Å². The molecule has 1 unspecified atom stereocenters. The molecule has 21 heavy (non-hydrogen) atoms. The Hall–Kier alpha value is -1.31. The molecule has 1 rings (SSSR count). The Kier molecular flexibility index (Phi) is 5.25. The van der Waals surface area contributed by atoms with E-state index in [-0.39, 0.29) is 17.9 Å². The van der Waals surface area contributed by atoms with Crippen LogP contribution in [0.15, 0.2) is 0 Å². The smallest absolute Gasteiger partial charge is 0.351 e. The van der Waals surface area contributed by atoms with E-state index >= 15 is 0 Å². The minimum Gasteiger partial charge on any atom is -0.351 e. The van der Waals surface area contributed by atoms with Crippen molar-refractivity contribution in [2.45, 2.75) is 51.4 Å². The maximum Gasteiger partial charge on any atom is 0.415 e. The topological polar surface area (TPSA) is 75.4 Å². The fourth-order valence-corrected chi connectivity index (χ4v) is 2.07. The first kappa shape index (κ1) is 17.7. The summed E-state index contributed by atoms with van der Waals surface area (Å²) >= 11 is 0. The average Bonchev–Trinajstić information content (AvgIpc) is 2.37. The van der Waals surface area contributed by atoms with Crippen molar-refractivity contribution < 1.29 is 22.8 Å². The number of amides is 2. The van der Waals surface area contributed by atoms with E-state index in [9.17, 15) is 22.8 Å². The lowest BCUT2D eigenvalue weighted by atomic mass is 9.98. The zero-order valence-corrected chi connectivity index (χ0v) is 12.5. The number of hydrogen-bond acceptors (Lipinski definition) is 3. The normalized spacial score (nSPS) is 20.3. The molecule has 1 atom stereocenters. The van der Waals surface area contributed by atoms with Crippen LogP contribution in [0.3, 0.4) is 0 Å². The number of nitrogens with one attached hydrogen (secondary N) is 1. The number of nitrogens with two attached hydrogens (primary N) is 1. The molecule has 8 heteroatoms. The Balaban J connectivity index is 2.54. The number of carbonyl (C=O) groups excluding carboxylic acids is 2. The molecule has 1 heterocycles. The Morgan fingerprint density at radius 2 is 1.71 bits per heavy atom. The molecule has 0 aromatic carbocycles. The molecule has 1 fully saturated rings. The highest BCUT2D eigenvalue weighted by Gasteiger charge is 2.54. The summed E-state index contributed by atoms with van der Waals surface area (Å²) in [5.74, 6) is -1.34. The van der Waals surface area contributed by atoms with E-state index in [1.165, 1.54) is 0 Å². The first-order chi connectivity index (χ1) is 9.46. The van der Waals surface area contributed by atoms with Crippen molar-refractivity contribution in [1.29, 1.82) is 0 Å². The van der Waals surface area contributed by atoms with Gasteiger partial charge in [-0.2, -0.15) is 13.2 Å². The van der Waals surface area contributed by atoms with E-state index in [1.807, 2.05) is 0 Å². The summed E-state index contributed by atoms with van der Waals surface area (Å²) in [6.45, 7) is 5.09. The third-order valence-electron chi connectivity index (χ3n) is 3.70. The van der Waals surface area contributed by atoms with Crippen LogP contribution in [0.4, 0.5) is 13.2 Å². The third-order valence-corrected chi connectivity index (χ3v) is 3.70. The third kappa shape index (κ3) is 4.09. The van der Waals surface area contributed by atoms with Gasteiger partial charge in [-0.05, 0) is 19.8 Å². The van der Waals surface area contributed by atoms with Crippen LogP contribution in [0.25, 0.3) is 0 Å². The predicted octanol–water partition coefficient (Wildman–Crippen LogP) is 1.03. The molecule has 0 radical (unpaired) electrons. The summed E-state index contributed by atoms with van der Waals surface area (Å²) in [5.41, 5.74) is 2.16. The molecule has 0 spiro atoms. The molecule has 0 bridgehead atoms. The van der Waals surface area contributed by atoms with Gasteiger partial charge in [-0.15, -0.1) is 0 Å². The number of likely N-dealkylation sites (tertiary alicyclic amines) is 1. The van der Waals surface area contributed by atoms with Crippen molar-refractivity contribution in [1.82, 2.24) is 10.2 Å². The predicted molar refractivity (Wildman–Crippen MR) is 71.2 cm³/mol. The van der Waals surface area contributed by atoms with E-state index < -0.39 is 17.6 Å². The number of hydrogen-bond donors (Lipinski definition) is 2. The quantitative estimate of drug-likeness (QED) is 0.817. The second-order valence-corrected chi connectivity index (χ2v) is 5.93. The fourth-order valence-electron chi connectivity index (χ4n) is 2.07. The number of piperidine rings is 1. The van der Waals surface area contributed by atoms with Crippen LogP contribution in [0, 0.1) is 5.92 Å². The monoisotopic (exact) mass is 309 g/mol. The molecule has 2 amide bonds. The molecule has 0 aliphatic carbocycles. The Labute approximate surface area is 122 Å². The summed E-state index contributed by atoms with van der Waals surface area (Å²) in [7, 11) is 0. The van der Waals surface area contributed by atoms with Gasteiger partial charge in [0.15, 0.2) is 5.54 Å². The largest absolute Gasteiger partial charge is 0.415 e. The summed E-state index contributed by atoms with van der Waals surface area (Å²) in [5, 5.41) is 2.33. The van der Waals surface area contributed by atoms with Crippen LogP contribution in [-0.2, 0) is 9.59 Å². The van der Waals surface area contributed by atoms with E-state index in [4.69, 9.17) is 5.73 Å². The maximum atomic E-state index is 12.7. The van der Waals surface area contributed by atoms with Crippen molar-refractivity contribution in [2.24, 2.45) is 11.7 Å². The molecule has 0 saturated carbocycles.